The number of halogens is 4. The third kappa shape index (κ3) is 4.79. The van der Waals surface area contributed by atoms with Crippen molar-refractivity contribution in [3.63, 3.8) is 0 Å². The Kier molecular flexibility index (Phi) is 6.20. The van der Waals surface area contributed by atoms with Crippen LogP contribution in [-0.4, -0.2) is 43.0 Å². The van der Waals surface area contributed by atoms with E-state index in [-0.39, 0.29) is 48.6 Å². The number of pyridine rings is 1. The Labute approximate surface area is 227 Å². The van der Waals surface area contributed by atoms with Crippen LogP contribution in [0.5, 0.6) is 0 Å². The van der Waals surface area contributed by atoms with Crippen molar-refractivity contribution in [2.24, 2.45) is 5.41 Å². The smallest absolute Gasteiger partial charge is 0.257 e. The molecule has 3 heterocycles. The highest BCUT2D eigenvalue weighted by Gasteiger charge is 2.44. The third-order valence-electron chi connectivity index (χ3n) is 8.30. The van der Waals surface area contributed by atoms with Crippen LogP contribution in [-0.2, 0) is 0 Å². The first-order valence-corrected chi connectivity index (χ1v) is 13.8. The Balaban J connectivity index is 1.34. The van der Waals surface area contributed by atoms with Gasteiger partial charge in [0, 0.05) is 48.9 Å². The number of fused-ring (bicyclic) bond motifs is 1. The number of hydrogen-bond donors (Lipinski definition) is 2. The van der Waals surface area contributed by atoms with E-state index in [0.29, 0.717) is 16.4 Å². The van der Waals surface area contributed by atoms with Crippen LogP contribution < -0.4 is 20.9 Å². The van der Waals surface area contributed by atoms with Gasteiger partial charge in [-0.3, -0.25) is 4.79 Å². The molecule has 200 valence electrons. The topological polar surface area (TPSA) is 74.5 Å². The number of nitrogens with two attached hydrogens (primary N) is 1. The van der Waals surface area contributed by atoms with E-state index in [4.69, 9.17) is 5.73 Å². The van der Waals surface area contributed by atoms with E-state index < -0.39 is 17.6 Å². The number of carbonyl (C=O) groups excluding carboxylic acids is 1. The molecule has 0 radical (unpaired) electrons. The lowest BCUT2D eigenvalue weighted by atomic mass is 9.93. The fourth-order valence-electron chi connectivity index (χ4n) is 5.73. The van der Waals surface area contributed by atoms with E-state index in [1.807, 2.05) is 6.07 Å². The summed E-state index contributed by atoms with van der Waals surface area (Å²) in [4.78, 5) is 21.7. The second-order valence-corrected chi connectivity index (χ2v) is 11.8. The fourth-order valence-corrected chi connectivity index (χ4v) is 6.07. The van der Waals surface area contributed by atoms with Gasteiger partial charge in [-0.2, -0.15) is 0 Å². The zero-order valence-electron chi connectivity index (χ0n) is 20.9. The molecule has 2 saturated heterocycles. The first-order valence-electron chi connectivity index (χ1n) is 13.0. The molecule has 0 atom stereocenters. The van der Waals surface area contributed by atoms with Crippen LogP contribution in [0.25, 0.3) is 10.9 Å². The maximum atomic E-state index is 16.1. The minimum absolute atomic E-state index is 0.0224. The van der Waals surface area contributed by atoms with Gasteiger partial charge in [-0.15, -0.1) is 0 Å². The first kappa shape index (κ1) is 25.3. The summed E-state index contributed by atoms with van der Waals surface area (Å²) in [5.41, 5.74) is 7.98. The Bertz CT molecular complexity index is 1410. The summed E-state index contributed by atoms with van der Waals surface area (Å²) < 4.78 is 44.6. The quantitative estimate of drug-likeness (QED) is 0.360. The molecule has 2 aromatic carbocycles. The van der Waals surface area contributed by atoms with E-state index >= 15 is 4.39 Å². The van der Waals surface area contributed by atoms with Gasteiger partial charge in [-0.1, -0.05) is 15.9 Å². The third-order valence-corrected chi connectivity index (χ3v) is 8.80. The van der Waals surface area contributed by atoms with Gasteiger partial charge in [0.15, 0.2) is 5.82 Å². The molecule has 1 saturated carbocycles. The number of hydrogen-bond acceptors (Lipinski definition) is 5. The molecule has 3 N–H and O–H groups in total. The number of anilines is 4. The summed E-state index contributed by atoms with van der Waals surface area (Å²) in [5.74, 6) is -3.73. The highest BCUT2D eigenvalue weighted by atomic mass is 79.9. The van der Waals surface area contributed by atoms with Gasteiger partial charge in [0.1, 0.15) is 11.5 Å². The van der Waals surface area contributed by atoms with E-state index in [1.54, 1.807) is 29.2 Å². The number of piperidine rings is 2. The van der Waals surface area contributed by atoms with Crippen molar-refractivity contribution >= 4 is 55.6 Å². The zero-order valence-corrected chi connectivity index (χ0v) is 22.5. The molecular weight excluding hydrogens is 559 g/mol. The summed E-state index contributed by atoms with van der Waals surface area (Å²) in [6.07, 6.45) is 4.01. The van der Waals surface area contributed by atoms with Crippen molar-refractivity contribution in [2.75, 3.05) is 47.0 Å². The highest BCUT2D eigenvalue weighted by molar-refractivity contribution is 9.10. The molecule has 3 fully saturated rings. The molecule has 1 spiro atoms. The van der Waals surface area contributed by atoms with Crippen LogP contribution in [0.3, 0.4) is 0 Å². The minimum atomic E-state index is -2.79. The molecule has 2 aliphatic heterocycles. The monoisotopic (exact) mass is 587 g/mol. The van der Waals surface area contributed by atoms with Gasteiger partial charge < -0.3 is 20.9 Å². The van der Waals surface area contributed by atoms with Crippen molar-refractivity contribution in [1.82, 2.24) is 4.98 Å². The molecule has 1 aromatic heterocycles. The number of alkyl halides is 2. The number of nitrogen functional groups attached to an aromatic ring is 1. The van der Waals surface area contributed by atoms with Crippen molar-refractivity contribution < 1.29 is 18.0 Å². The molecule has 3 aromatic rings. The molecule has 6 nitrogen and oxygen atoms in total. The van der Waals surface area contributed by atoms with E-state index in [2.05, 4.69) is 31.1 Å². The molecule has 1 aliphatic carbocycles. The number of benzene rings is 2. The minimum Gasteiger partial charge on any atom is -0.384 e. The molecule has 6 rings (SSSR count). The van der Waals surface area contributed by atoms with Crippen LogP contribution in [0, 0.1) is 11.2 Å². The van der Waals surface area contributed by atoms with Crippen molar-refractivity contribution in [1.29, 1.82) is 0 Å². The van der Waals surface area contributed by atoms with Gasteiger partial charge in [0.05, 0.1) is 22.5 Å². The summed E-state index contributed by atoms with van der Waals surface area (Å²) in [7, 11) is 0. The number of rotatable bonds is 4. The van der Waals surface area contributed by atoms with Crippen LogP contribution >= 0.6 is 15.9 Å². The molecule has 10 heteroatoms. The molecule has 3 aliphatic rings. The largest absolute Gasteiger partial charge is 0.384 e. The summed E-state index contributed by atoms with van der Waals surface area (Å²) in [6.45, 7) is 1.69. The standard InChI is InChI=1S/C28H29BrF3N5O/c29-18-2-3-19(21(16-18)36-11-7-27(5-6-27)8-12-36)26(38)34-20-15-17-1-4-22(33)35-24(17)25(23(20)30)37-13-9-28(31,32)10-14-37/h1-4,15-16H,5-14H2,(H2,33,35)(H,34,38). The Morgan fingerprint density at radius 1 is 0.947 bits per heavy atom. The van der Waals surface area contributed by atoms with Gasteiger partial charge in [0.25, 0.3) is 11.8 Å². The molecular formula is C28H29BrF3N5O. The fraction of sp³-hybridized carbons (Fsp3) is 0.429. The molecule has 1 amide bonds. The summed E-state index contributed by atoms with van der Waals surface area (Å²) in [5, 5.41) is 3.33. The average Bonchev–Trinajstić information content (AvgIpc) is 3.64. The predicted molar refractivity (Wildman–Crippen MR) is 148 cm³/mol. The van der Waals surface area contributed by atoms with Gasteiger partial charge >= 0.3 is 0 Å². The normalized spacial score (nSPS) is 20.1. The second kappa shape index (κ2) is 9.32. The maximum Gasteiger partial charge on any atom is 0.257 e. The van der Waals surface area contributed by atoms with E-state index in [9.17, 15) is 13.6 Å². The van der Waals surface area contributed by atoms with Crippen LogP contribution in [0.2, 0.25) is 0 Å². The van der Waals surface area contributed by atoms with Crippen LogP contribution in [0.15, 0.2) is 40.9 Å². The average molecular weight is 588 g/mol. The predicted octanol–water partition coefficient (Wildman–Crippen LogP) is 6.59. The van der Waals surface area contributed by atoms with Crippen LogP contribution in [0.1, 0.15) is 48.9 Å². The number of carbonyl (C=O) groups is 1. The molecule has 38 heavy (non-hydrogen) atoms. The Morgan fingerprint density at radius 2 is 1.63 bits per heavy atom. The Morgan fingerprint density at radius 3 is 2.32 bits per heavy atom. The second-order valence-electron chi connectivity index (χ2n) is 10.8. The van der Waals surface area contributed by atoms with Gasteiger partial charge in [-0.05, 0) is 67.5 Å². The maximum absolute atomic E-state index is 16.1. The van der Waals surface area contributed by atoms with E-state index in [0.717, 1.165) is 36.1 Å². The number of nitrogens with one attached hydrogen (secondary N) is 1. The zero-order chi connectivity index (χ0) is 26.7. The number of amides is 1. The molecule has 0 unspecified atom stereocenters. The van der Waals surface area contributed by atoms with Crippen molar-refractivity contribution in [2.45, 2.75) is 44.4 Å². The summed E-state index contributed by atoms with van der Waals surface area (Å²) in [6, 6.07) is 10.3. The first-order chi connectivity index (χ1) is 18.1. The van der Waals surface area contributed by atoms with Gasteiger partial charge in [-0.25, -0.2) is 18.2 Å². The lowest BCUT2D eigenvalue weighted by Gasteiger charge is -2.35. The lowest BCUT2D eigenvalue weighted by molar-refractivity contribution is -0.0221. The van der Waals surface area contributed by atoms with Crippen molar-refractivity contribution in [3.05, 3.63) is 52.3 Å². The number of nitrogens with zero attached hydrogens (tertiary/aromatic N) is 3. The van der Waals surface area contributed by atoms with Gasteiger partial charge in [0.2, 0.25) is 0 Å². The lowest BCUT2D eigenvalue weighted by Crippen LogP contribution is -2.40. The number of aromatic nitrogens is 1. The SMILES string of the molecule is Nc1ccc2cc(NC(=O)c3ccc(Br)cc3N3CCC4(CC3)CC4)c(F)c(N3CCC(F)(F)CC3)c2n1. The molecule has 0 bridgehead atoms. The highest BCUT2D eigenvalue weighted by Crippen LogP contribution is 2.54. The van der Waals surface area contributed by atoms with Crippen LogP contribution in [0.4, 0.5) is 36.1 Å². The van der Waals surface area contributed by atoms with E-state index in [1.165, 1.54) is 18.9 Å². The Hall–Kier alpha value is -3.01. The van der Waals surface area contributed by atoms with Crippen molar-refractivity contribution in [3.8, 4) is 0 Å². The summed E-state index contributed by atoms with van der Waals surface area (Å²) >= 11 is 3.53.